The lowest BCUT2D eigenvalue weighted by Crippen LogP contribution is -2.39. The van der Waals surface area contributed by atoms with Gasteiger partial charge in [0.05, 0.1) is 11.3 Å². The lowest BCUT2D eigenvalue weighted by atomic mass is 9.95. The maximum Gasteiger partial charge on any atom is 0.0640 e. The molecule has 0 aliphatic rings. The molecule has 2 unspecified atom stereocenters. The molecule has 0 saturated heterocycles. The van der Waals surface area contributed by atoms with Gasteiger partial charge in [0.25, 0.3) is 0 Å². The summed E-state index contributed by atoms with van der Waals surface area (Å²) in [5.41, 5.74) is 1.06. The van der Waals surface area contributed by atoms with Crippen molar-refractivity contribution in [2.24, 2.45) is 0 Å². The highest BCUT2D eigenvalue weighted by Crippen LogP contribution is 2.18. The Morgan fingerprint density at radius 1 is 1.38 bits per heavy atom. The van der Waals surface area contributed by atoms with Gasteiger partial charge in [-0.05, 0) is 52.6 Å². The number of ether oxygens (including phenoxy) is 1. The van der Waals surface area contributed by atoms with Crippen molar-refractivity contribution in [3.05, 3.63) is 18.0 Å². The second kappa shape index (κ2) is 8.54. The summed E-state index contributed by atoms with van der Waals surface area (Å²) in [7, 11) is 1.79. The molecule has 2 atom stereocenters. The summed E-state index contributed by atoms with van der Waals surface area (Å²) in [4.78, 5) is 0. The van der Waals surface area contributed by atoms with Gasteiger partial charge in [-0.25, -0.2) is 0 Å². The Hall–Kier alpha value is -0.870. The van der Waals surface area contributed by atoms with Crippen LogP contribution >= 0.6 is 0 Å². The van der Waals surface area contributed by atoms with Crippen LogP contribution in [0.1, 0.15) is 65.6 Å². The molecule has 122 valence electrons. The van der Waals surface area contributed by atoms with Gasteiger partial charge in [0.1, 0.15) is 0 Å². The van der Waals surface area contributed by atoms with Gasteiger partial charge in [-0.1, -0.05) is 13.8 Å². The summed E-state index contributed by atoms with van der Waals surface area (Å²) >= 11 is 0. The fourth-order valence-corrected chi connectivity index (χ4v) is 2.41. The van der Waals surface area contributed by atoms with Crippen molar-refractivity contribution in [2.75, 3.05) is 13.7 Å². The van der Waals surface area contributed by atoms with E-state index in [9.17, 15) is 0 Å². The topological polar surface area (TPSA) is 39.1 Å². The van der Waals surface area contributed by atoms with E-state index in [1.54, 1.807) is 7.11 Å². The Labute approximate surface area is 130 Å². The number of methoxy groups -OCH3 is 1. The molecule has 1 heterocycles. The molecule has 1 aromatic heterocycles. The predicted molar refractivity (Wildman–Crippen MR) is 88.7 cm³/mol. The van der Waals surface area contributed by atoms with E-state index in [4.69, 9.17) is 9.84 Å². The van der Waals surface area contributed by atoms with Crippen LogP contribution in [0.4, 0.5) is 0 Å². The molecule has 0 spiro atoms. The van der Waals surface area contributed by atoms with Crippen LogP contribution in [-0.4, -0.2) is 35.1 Å². The first-order chi connectivity index (χ1) is 9.91. The first-order valence-corrected chi connectivity index (χ1v) is 8.24. The smallest absolute Gasteiger partial charge is 0.0640 e. The Balaban J connectivity index is 2.69. The van der Waals surface area contributed by atoms with E-state index in [2.05, 4.69) is 56.9 Å². The minimum atomic E-state index is -0.106. The number of hydrogen-bond acceptors (Lipinski definition) is 3. The van der Waals surface area contributed by atoms with Crippen molar-refractivity contribution in [3.8, 4) is 0 Å². The summed E-state index contributed by atoms with van der Waals surface area (Å²) in [5.74, 6) is 0. The normalized spacial score (nSPS) is 15.1. The minimum Gasteiger partial charge on any atom is -0.379 e. The van der Waals surface area contributed by atoms with Gasteiger partial charge < -0.3 is 10.1 Å². The third kappa shape index (κ3) is 6.18. The minimum absolute atomic E-state index is 0.106. The molecule has 21 heavy (non-hydrogen) atoms. The molecule has 0 aromatic carbocycles. The summed E-state index contributed by atoms with van der Waals surface area (Å²) in [6, 6.07) is 3.02. The van der Waals surface area contributed by atoms with Crippen molar-refractivity contribution in [1.82, 2.24) is 15.1 Å². The van der Waals surface area contributed by atoms with Crippen molar-refractivity contribution in [2.45, 2.75) is 78.0 Å². The van der Waals surface area contributed by atoms with E-state index in [0.29, 0.717) is 12.1 Å². The highest BCUT2D eigenvalue weighted by molar-refractivity contribution is 5.03. The van der Waals surface area contributed by atoms with E-state index in [-0.39, 0.29) is 5.60 Å². The maximum absolute atomic E-state index is 5.58. The highest BCUT2D eigenvalue weighted by Gasteiger charge is 2.23. The summed E-state index contributed by atoms with van der Waals surface area (Å²) < 4.78 is 7.66. The molecule has 0 radical (unpaired) electrons. The van der Waals surface area contributed by atoms with E-state index < -0.39 is 0 Å². The van der Waals surface area contributed by atoms with Gasteiger partial charge in [0, 0.05) is 31.8 Å². The number of nitrogens with one attached hydrogen (secondary N) is 1. The Morgan fingerprint density at radius 2 is 2.10 bits per heavy atom. The molecule has 0 aliphatic carbocycles. The van der Waals surface area contributed by atoms with Gasteiger partial charge in [-0.3, -0.25) is 4.68 Å². The zero-order valence-corrected chi connectivity index (χ0v) is 14.6. The summed E-state index contributed by atoms with van der Waals surface area (Å²) in [6.07, 6.45) is 6.29. The van der Waals surface area contributed by atoms with Crippen LogP contribution in [0.25, 0.3) is 0 Å². The Bertz CT molecular complexity index is 400. The lowest BCUT2D eigenvalue weighted by Gasteiger charge is -2.29. The van der Waals surface area contributed by atoms with Crippen LogP contribution < -0.4 is 5.32 Å². The lowest BCUT2D eigenvalue weighted by molar-refractivity contribution is 0.00706. The SMILES string of the molecule is CCCNC(Cc1ccn(C(C)CC)n1)CC(C)(C)OC. The zero-order valence-electron chi connectivity index (χ0n) is 14.6. The average Bonchev–Trinajstić information content (AvgIpc) is 2.92. The number of nitrogens with zero attached hydrogens (tertiary/aromatic N) is 2. The van der Waals surface area contributed by atoms with Gasteiger partial charge in [-0.2, -0.15) is 5.10 Å². The molecular formula is C17H33N3O. The molecular weight excluding hydrogens is 262 g/mol. The number of hydrogen-bond donors (Lipinski definition) is 1. The molecule has 0 bridgehead atoms. The highest BCUT2D eigenvalue weighted by atomic mass is 16.5. The largest absolute Gasteiger partial charge is 0.379 e. The fourth-order valence-electron chi connectivity index (χ4n) is 2.41. The van der Waals surface area contributed by atoms with Crippen LogP contribution in [0.3, 0.4) is 0 Å². The third-order valence-electron chi connectivity index (χ3n) is 4.14. The first kappa shape index (κ1) is 18.2. The van der Waals surface area contributed by atoms with Gasteiger partial charge in [0.2, 0.25) is 0 Å². The molecule has 0 saturated carbocycles. The van der Waals surface area contributed by atoms with Crippen molar-refractivity contribution >= 4 is 0 Å². The van der Waals surface area contributed by atoms with E-state index in [0.717, 1.165) is 37.9 Å². The standard InChI is InChI=1S/C17H33N3O/c1-7-10-18-16(13-17(4,5)21-6)12-15-9-11-20(19-15)14(3)8-2/h9,11,14,16,18H,7-8,10,12-13H2,1-6H3. The first-order valence-electron chi connectivity index (χ1n) is 8.24. The second-order valence-electron chi connectivity index (χ2n) is 6.57. The number of rotatable bonds is 10. The molecule has 4 nitrogen and oxygen atoms in total. The van der Waals surface area contributed by atoms with Crippen molar-refractivity contribution < 1.29 is 4.74 Å². The van der Waals surface area contributed by atoms with Crippen LogP contribution in [-0.2, 0) is 11.2 Å². The zero-order chi connectivity index (χ0) is 15.9. The fraction of sp³-hybridized carbons (Fsp3) is 0.824. The predicted octanol–water partition coefficient (Wildman–Crippen LogP) is 3.58. The molecule has 4 heteroatoms. The molecule has 0 fully saturated rings. The van der Waals surface area contributed by atoms with Crippen LogP contribution in [0.15, 0.2) is 12.3 Å². The summed E-state index contributed by atoms with van der Waals surface area (Å²) in [6.45, 7) is 11.9. The Morgan fingerprint density at radius 3 is 2.67 bits per heavy atom. The molecule has 1 N–H and O–H groups in total. The Kier molecular flexibility index (Phi) is 7.40. The van der Waals surface area contributed by atoms with Crippen molar-refractivity contribution in [1.29, 1.82) is 0 Å². The number of aromatic nitrogens is 2. The molecule has 1 aromatic rings. The van der Waals surface area contributed by atoms with Gasteiger partial charge in [-0.15, -0.1) is 0 Å². The second-order valence-corrected chi connectivity index (χ2v) is 6.57. The average molecular weight is 295 g/mol. The van der Waals surface area contributed by atoms with Crippen LogP contribution in [0.2, 0.25) is 0 Å². The van der Waals surface area contributed by atoms with E-state index in [1.807, 2.05) is 0 Å². The summed E-state index contributed by atoms with van der Waals surface area (Å²) in [5, 5.41) is 8.35. The van der Waals surface area contributed by atoms with E-state index >= 15 is 0 Å². The maximum atomic E-state index is 5.58. The third-order valence-corrected chi connectivity index (χ3v) is 4.14. The van der Waals surface area contributed by atoms with Gasteiger partial charge >= 0.3 is 0 Å². The van der Waals surface area contributed by atoms with E-state index in [1.165, 1.54) is 0 Å². The van der Waals surface area contributed by atoms with Crippen molar-refractivity contribution in [3.63, 3.8) is 0 Å². The molecule has 0 aliphatic heterocycles. The quantitative estimate of drug-likeness (QED) is 0.717. The molecule has 1 rings (SSSR count). The van der Waals surface area contributed by atoms with Crippen LogP contribution in [0.5, 0.6) is 0 Å². The molecule has 0 amide bonds. The van der Waals surface area contributed by atoms with Gasteiger partial charge in [0.15, 0.2) is 0 Å². The monoisotopic (exact) mass is 295 g/mol. The van der Waals surface area contributed by atoms with Crippen LogP contribution in [0, 0.1) is 0 Å².